The molecule has 5 heteroatoms. The van der Waals surface area contributed by atoms with Gasteiger partial charge in [-0.2, -0.15) is 0 Å². The normalized spacial score (nSPS) is 10.8. The summed E-state index contributed by atoms with van der Waals surface area (Å²) in [5, 5.41) is 1.07. The predicted molar refractivity (Wildman–Crippen MR) is 104 cm³/mol. The summed E-state index contributed by atoms with van der Waals surface area (Å²) in [5.41, 5.74) is 2.00. The summed E-state index contributed by atoms with van der Waals surface area (Å²) in [5.74, 6) is 1.29. The van der Waals surface area contributed by atoms with Gasteiger partial charge in [-0.3, -0.25) is 9.36 Å². The zero-order valence-electron chi connectivity index (χ0n) is 14.0. The Balaban J connectivity index is 2.07. The van der Waals surface area contributed by atoms with Crippen LogP contribution in [0.1, 0.15) is 0 Å². The fourth-order valence-corrected chi connectivity index (χ4v) is 3.08. The summed E-state index contributed by atoms with van der Waals surface area (Å²) in [4.78, 5) is 18.0. The SMILES string of the molecule is COc1ccc(-n2c(-c3ccccc3)nc3cc(Cl)ccc3c2=O)cc1. The number of fused-ring (bicyclic) bond motifs is 1. The van der Waals surface area contributed by atoms with Crippen LogP contribution in [0, 0.1) is 0 Å². The fourth-order valence-electron chi connectivity index (χ4n) is 2.91. The molecule has 4 nitrogen and oxygen atoms in total. The van der Waals surface area contributed by atoms with Crippen molar-refractivity contribution < 1.29 is 4.74 Å². The lowest BCUT2D eigenvalue weighted by atomic mass is 10.1. The smallest absolute Gasteiger partial charge is 0.266 e. The van der Waals surface area contributed by atoms with Crippen molar-refractivity contribution >= 4 is 22.5 Å². The molecule has 0 aliphatic rings. The van der Waals surface area contributed by atoms with Crippen LogP contribution in [0.3, 0.4) is 0 Å². The molecule has 1 heterocycles. The van der Waals surface area contributed by atoms with Gasteiger partial charge in [-0.15, -0.1) is 0 Å². The third-order valence-corrected chi connectivity index (χ3v) is 4.43. The van der Waals surface area contributed by atoms with Crippen LogP contribution in [0.4, 0.5) is 0 Å². The van der Waals surface area contributed by atoms with Crippen LogP contribution in [0.15, 0.2) is 77.6 Å². The first-order valence-corrected chi connectivity index (χ1v) is 8.47. The van der Waals surface area contributed by atoms with Crippen molar-refractivity contribution in [2.24, 2.45) is 0 Å². The number of methoxy groups -OCH3 is 1. The summed E-state index contributed by atoms with van der Waals surface area (Å²) in [7, 11) is 1.61. The molecule has 0 atom stereocenters. The van der Waals surface area contributed by atoms with Crippen molar-refractivity contribution in [1.29, 1.82) is 0 Å². The van der Waals surface area contributed by atoms with Crippen LogP contribution in [0.5, 0.6) is 5.75 Å². The van der Waals surface area contributed by atoms with E-state index in [0.717, 1.165) is 17.0 Å². The number of rotatable bonds is 3. The van der Waals surface area contributed by atoms with Gasteiger partial charge in [0, 0.05) is 10.6 Å². The van der Waals surface area contributed by atoms with Crippen LogP contribution in [-0.4, -0.2) is 16.7 Å². The summed E-state index contributed by atoms with van der Waals surface area (Å²) in [6.07, 6.45) is 0. The molecule has 0 bridgehead atoms. The average Bonchev–Trinajstić information content (AvgIpc) is 2.68. The van der Waals surface area contributed by atoms with Crippen LogP contribution in [0.2, 0.25) is 5.02 Å². The van der Waals surface area contributed by atoms with Gasteiger partial charge in [-0.25, -0.2) is 4.98 Å². The van der Waals surface area contributed by atoms with Gasteiger partial charge in [0.1, 0.15) is 11.6 Å². The molecule has 128 valence electrons. The van der Waals surface area contributed by atoms with E-state index in [4.69, 9.17) is 21.3 Å². The minimum Gasteiger partial charge on any atom is -0.497 e. The van der Waals surface area contributed by atoms with Crippen molar-refractivity contribution in [3.63, 3.8) is 0 Å². The van der Waals surface area contributed by atoms with Gasteiger partial charge < -0.3 is 4.74 Å². The Morgan fingerprint density at radius 2 is 1.69 bits per heavy atom. The quantitative estimate of drug-likeness (QED) is 0.530. The van der Waals surface area contributed by atoms with Crippen molar-refractivity contribution in [2.45, 2.75) is 0 Å². The Hall–Kier alpha value is -3.11. The molecule has 0 N–H and O–H groups in total. The van der Waals surface area contributed by atoms with Gasteiger partial charge in [-0.05, 0) is 42.5 Å². The lowest BCUT2D eigenvalue weighted by molar-refractivity contribution is 0.414. The van der Waals surface area contributed by atoms with Crippen LogP contribution in [0.25, 0.3) is 28.0 Å². The lowest BCUT2D eigenvalue weighted by Gasteiger charge is -2.14. The largest absolute Gasteiger partial charge is 0.497 e. The Kier molecular flexibility index (Phi) is 4.19. The first kappa shape index (κ1) is 16.4. The Bertz CT molecular complexity index is 1140. The van der Waals surface area contributed by atoms with E-state index in [1.54, 1.807) is 29.9 Å². The topological polar surface area (TPSA) is 44.1 Å². The second kappa shape index (κ2) is 6.65. The molecule has 0 aliphatic heterocycles. The third-order valence-electron chi connectivity index (χ3n) is 4.19. The van der Waals surface area contributed by atoms with Gasteiger partial charge >= 0.3 is 0 Å². The molecule has 3 aromatic carbocycles. The molecule has 0 fully saturated rings. The minimum absolute atomic E-state index is 0.143. The fraction of sp³-hybridized carbons (Fsp3) is 0.0476. The second-order valence-electron chi connectivity index (χ2n) is 5.80. The van der Waals surface area contributed by atoms with Gasteiger partial charge in [0.05, 0.1) is 23.7 Å². The van der Waals surface area contributed by atoms with Crippen molar-refractivity contribution in [3.05, 3.63) is 88.2 Å². The Labute approximate surface area is 155 Å². The van der Waals surface area contributed by atoms with Gasteiger partial charge in [0.15, 0.2) is 0 Å². The molecule has 0 radical (unpaired) electrons. The van der Waals surface area contributed by atoms with Crippen LogP contribution >= 0.6 is 11.6 Å². The van der Waals surface area contributed by atoms with Crippen molar-refractivity contribution in [3.8, 4) is 22.8 Å². The molecular formula is C21H15ClN2O2. The number of hydrogen-bond donors (Lipinski definition) is 0. The summed E-state index contributed by atoms with van der Waals surface area (Å²) >= 11 is 6.10. The third kappa shape index (κ3) is 2.85. The molecule has 0 saturated heterocycles. The highest BCUT2D eigenvalue weighted by Gasteiger charge is 2.14. The highest BCUT2D eigenvalue weighted by Crippen LogP contribution is 2.24. The lowest BCUT2D eigenvalue weighted by Crippen LogP contribution is -2.22. The zero-order chi connectivity index (χ0) is 18.1. The van der Waals surface area contributed by atoms with E-state index in [1.807, 2.05) is 54.6 Å². The average molecular weight is 363 g/mol. The molecule has 0 unspecified atom stereocenters. The molecule has 0 spiro atoms. The van der Waals surface area contributed by atoms with Crippen LogP contribution in [-0.2, 0) is 0 Å². The van der Waals surface area contributed by atoms with Gasteiger partial charge in [0.25, 0.3) is 5.56 Å². The highest BCUT2D eigenvalue weighted by atomic mass is 35.5. The van der Waals surface area contributed by atoms with E-state index in [1.165, 1.54) is 0 Å². The standard InChI is InChI=1S/C21H15ClN2O2/c1-26-17-10-8-16(9-11-17)24-20(14-5-3-2-4-6-14)23-19-13-15(22)7-12-18(19)21(24)25/h2-13H,1H3. The molecular weight excluding hydrogens is 348 g/mol. The first-order chi connectivity index (χ1) is 12.7. The van der Waals surface area contributed by atoms with E-state index < -0.39 is 0 Å². The molecule has 4 rings (SSSR count). The molecule has 0 amide bonds. The van der Waals surface area contributed by atoms with Gasteiger partial charge in [0.2, 0.25) is 0 Å². The molecule has 0 saturated carbocycles. The maximum Gasteiger partial charge on any atom is 0.266 e. The maximum atomic E-state index is 13.2. The van der Waals surface area contributed by atoms with E-state index in [0.29, 0.717) is 21.7 Å². The Morgan fingerprint density at radius 1 is 0.962 bits per heavy atom. The summed E-state index contributed by atoms with van der Waals surface area (Å²) in [6, 6.07) is 22.1. The zero-order valence-corrected chi connectivity index (χ0v) is 14.8. The van der Waals surface area contributed by atoms with Crippen LogP contribution < -0.4 is 10.3 Å². The van der Waals surface area contributed by atoms with E-state index in [2.05, 4.69) is 0 Å². The summed E-state index contributed by atoms with van der Waals surface area (Å²) < 4.78 is 6.83. The first-order valence-electron chi connectivity index (χ1n) is 8.09. The molecule has 0 aliphatic carbocycles. The van der Waals surface area contributed by atoms with E-state index in [9.17, 15) is 4.79 Å². The highest BCUT2D eigenvalue weighted by molar-refractivity contribution is 6.31. The second-order valence-corrected chi connectivity index (χ2v) is 6.24. The van der Waals surface area contributed by atoms with Crippen molar-refractivity contribution in [2.75, 3.05) is 7.11 Å². The van der Waals surface area contributed by atoms with E-state index >= 15 is 0 Å². The number of ether oxygens (including phenoxy) is 1. The minimum atomic E-state index is -0.143. The number of halogens is 1. The predicted octanol–water partition coefficient (Wildman–Crippen LogP) is 4.71. The number of aromatic nitrogens is 2. The summed E-state index contributed by atoms with van der Waals surface area (Å²) in [6.45, 7) is 0. The maximum absolute atomic E-state index is 13.2. The molecule has 26 heavy (non-hydrogen) atoms. The number of nitrogens with zero attached hydrogens (tertiary/aromatic N) is 2. The number of benzene rings is 3. The Morgan fingerprint density at radius 3 is 2.38 bits per heavy atom. The molecule has 4 aromatic rings. The number of hydrogen-bond acceptors (Lipinski definition) is 3. The van der Waals surface area contributed by atoms with Crippen molar-refractivity contribution in [1.82, 2.24) is 9.55 Å². The van der Waals surface area contributed by atoms with Gasteiger partial charge in [-0.1, -0.05) is 41.9 Å². The monoisotopic (exact) mass is 362 g/mol. The van der Waals surface area contributed by atoms with E-state index in [-0.39, 0.29) is 5.56 Å². The molecule has 1 aromatic heterocycles.